The van der Waals surface area contributed by atoms with Crippen LogP contribution in [0.4, 0.5) is 0 Å². The Labute approximate surface area is 147 Å². The van der Waals surface area contributed by atoms with Crippen LogP contribution >= 0.6 is 24.8 Å². The fourth-order valence-corrected chi connectivity index (χ4v) is 2.75. The number of carbonyl (C=O) groups is 1. The summed E-state index contributed by atoms with van der Waals surface area (Å²) >= 11 is 0. The van der Waals surface area contributed by atoms with Gasteiger partial charge in [-0.05, 0) is 52.4 Å². The molecule has 1 rings (SSSR count). The molecule has 134 valence electrons. The predicted octanol–water partition coefficient (Wildman–Crippen LogP) is 1.69. The average molecular weight is 358 g/mol. The maximum atomic E-state index is 12.5. The molecule has 0 aromatic carbocycles. The number of methoxy groups -OCH3 is 1. The number of hydrogen-bond acceptors (Lipinski definition) is 4. The lowest BCUT2D eigenvalue weighted by atomic mass is 9.91. The molecule has 2 N–H and O–H groups in total. The third-order valence-corrected chi connectivity index (χ3v) is 4.19. The minimum absolute atomic E-state index is 0. The van der Waals surface area contributed by atoms with Gasteiger partial charge in [0.2, 0.25) is 0 Å². The molecule has 1 heterocycles. The van der Waals surface area contributed by atoms with Gasteiger partial charge in [-0.15, -0.1) is 24.8 Å². The summed E-state index contributed by atoms with van der Waals surface area (Å²) in [5, 5.41) is 6.37. The lowest BCUT2D eigenvalue weighted by Crippen LogP contribution is -2.55. The van der Waals surface area contributed by atoms with Crippen molar-refractivity contribution in [2.24, 2.45) is 5.92 Å². The SMILES string of the molecule is COC1(C(=O)NCC(CC(C)C)N(C)C)CCNCC1.Cl.Cl. The monoisotopic (exact) mass is 357 g/mol. The van der Waals surface area contributed by atoms with Crippen molar-refractivity contribution in [1.29, 1.82) is 0 Å². The molecule has 0 aromatic heterocycles. The first kappa shape index (κ1) is 24.2. The number of nitrogens with zero attached hydrogens (tertiary/aromatic N) is 1. The van der Waals surface area contributed by atoms with Gasteiger partial charge in [0.15, 0.2) is 0 Å². The highest BCUT2D eigenvalue weighted by atomic mass is 35.5. The van der Waals surface area contributed by atoms with Gasteiger partial charge < -0.3 is 20.3 Å². The molecular formula is C15H33Cl2N3O2. The number of likely N-dealkylation sites (N-methyl/N-ethyl adjacent to an activating group) is 1. The second-order valence-electron chi connectivity index (χ2n) is 6.41. The van der Waals surface area contributed by atoms with Crippen molar-refractivity contribution >= 4 is 30.7 Å². The van der Waals surface area contributed by atoms with Crippen molar-refractivity contribution in [3.05, 3.63) is 0 Å². The molecule has 1 aliphatic heterocycles. The molecule has 1 atom stereocenters. The summed E-state index contributed by atoms with van der Waals surface area (Å²) in [6.45, 7) is 6.78. The van der Waals surface area contributed by atoms with E-state index in [1.54, 1.807) is 7.11 Å². The van der Waals surface area contributed by atoms with Crippen LogP contribution < -0.4 is 10.6 Å². The van der Waals surface area contributed by atoms with Gasteiger partial charge in [0.05, 0.1) is 0 Å². The normalized spacial score (nSPS) is 18.3. The molecule has 1 saturated heterocycles. The van der Waals surface area contributed by atoms with E-state index in [0.29, 0.717) is 18.5 Å². The first-order valence-electron chi connectivity index (χ1n) is 7.62. The standard InChI is InChI=1S/C15H31N3O2.2ClH/c1-12(2)10-13(18(3)4)11-17-14(19)15(20-5)6-8-16-9-7-15;;/h12-13,16H,6-11H2,1-5H3,(H,17,19);2*1H. The van der Waals surface area contributed by atoms with Crippen molar-refractivity contribution in [1.82, 2.24) is 15.5 Å². The number of carbonyl (C=O) groups excluding carboxylic acids is 1. The van der Waals surface area contributed by atoms with Crippen LogP contribution in [-0.2, 0) is 9.53 Å². The zero-order valence-electron chi connectivity index (χ0n) is 14.5. The molecule has 1 unspecified atom stereocenters. The molecule has 7 heteroatoms. The maximum absolute atomic E-state index is 12.5. The smallest absolute Gasteiger partial charge is 0.252 e. The average Bonchev–Trinajstić information content (AvgIpc) is 2.43. The van der Waals surface area contributed by atoms with E-state index in [4.69, 9.17) is 4.74 Å². The molecule has 0 bridgehead atoms. The molecule has 0 aromatic rings. The second-order valence-corrected chi connectivity index (χ2v) is 6.41. The van der Waals surface area contributed by atoms with Crippen molar-refractivity contribution < 1.29 is 9.53 Å². The quantitative estimate of drug-likeness (QED) is 0.727. The molecule has 0 radical (unpaired) electrons. The molecule has 1 fully saturated rings. The summed E-state index contributed by atoms with van der Waals surface area (Å²) in [4.78, 5) is 14.7. The van der Waals surface area contributed by atoms with Gasteiger partial charge >= 0.3 is 0 Å². The number of hydrogen-bond donors (Lipinski definition) is 2. The fraction of sp³-hybridized carbons (Fsp3) is 0.933. The van der Waals surface area contributed by atoms with E-state index in [0.717, 1.165) is 32.4 Å². The molecule has 0 spiro atoms. The highest BCUT2D eigenvalue weighted by Crippen LogP contribution is 2.22. The first-order chi connectivity index (χ1) is 9.41. The van der Waals surface area contributed by atoms with E-state index >= 15 is 0 Å². The summed E-state index contributed by atoms with van der Waals surface area (Å²) < 4.78 is 5.55. The van der Waals surface area contributed by atoms with E-state index in [-0.39, 0.29) is 30.7 Å². The van der Waals surface area contributed by atoms with Crippen LogP contribution in [0.2, 0.25) is 0 Å². The molecular weight excluding hydrogens is 325 g/mol. The van der Waals surface area contributed by atoms with E-state index in [2.05, 4.69) is 43.5 Å². The van der Waals surface area contributed by atoms with Crippen LogP contribution in [-0.4, -0.2) is 63.3 Å². The Morgan fingerprint density at radius 2 is 1.82 bits per heavy atom. The molecule has 5 nitrogen and oxygen atoms in total. The lowest BCUT2D eigenvalue weighted by Gasteiger charge is -2.36. The van der Waals surface area contributed by atoms with Crippen molar-refractivity contribution in [3.63, 3.8) is 0 Å². The Morgan fingerprint density at radius 1 is 1.27 bits per heavy atom. The number of rotatable bonds is 7. The largest absolute Gasteiger partial charge is 0.368 e. The van der Waals surface area contributed by atoms with Gasteiger partial charge in [-0.2, -0.15) is 0 Å². The summed E-state index contributed by atoms with van der Waals surface area (Å²) in [5.41, 5.74) is -0.639. The molecule has 0 aliphatic carbocycles. The van der Waals surface area contributed by atoms with E-state index in [1.807, 2.05) is 0 Å². The molecule has 1 aliphatic rings. The van der Waals surface area contributed by atoms with E-state index < -0.39 is 5.60 Å². The minimum Gasteiger partial charge on any atom is -0.368 e. The Bertz CT molecular complexity index is 309. The second kappa shape index (κ2) is 11.5. The van der Waals surface area contributed by atoms with Crippen LogP contribution in [0.3, 0.4) is 0 Å². The number of ether oxygens (including phenoxy) is 1. The summed E-state index contributed by atoms with van der Waals surface area (Å²) in [5.74, 6) is 0.659. The number of halogens is 2. The minimum atomic E-state index is -0.639. The zero-order valence-corrected chi connectivity index (χ0v) is 16.1. The van der Waals surface area contributed by atoms with Crippen LogP contribution in [0.1, 0.15) is 33.1 Å². The van der Waals surface area contributed by atoms with Crippen LogP contribution in [0.15, 0.2) is 0 Å². The van der Waals surface area contributed by atoms with Gasteiger partial charge in [0.1, 0.15) is 5.60 Å². The molecule has 22 heavy (non-hydrogen) atoms. The van der Waals surface area contributed by atoms with Gasteiger partial charge in [-0.1, -0.05) is 13.8 Å². The first-order valence-corrected chi connectivity index (χ1v) is 7.62. The summed E-state index contributed by atoms with van der Waals surface area (Å²) in [6.07, 6.45) is 2.56. The van der Waals surface area contributed by atoms with Crippen molar-refractivity contribution in [3.8, 4) is 0 Å². The van der Waals surface area contributed by atoms with Gasteiger partial charge in [0, 0.05) is 19.7 Å². The van der Waals surface area contributed by atoms with Gasteiger partial charge in [0.25, 0.3) is 5.91 Å². The van der Waals surface area contributed by atoms with E-state index in [9.17, 15) is 4.79 Å². The van der Waals surface area contributed by atoms with Gasteiger partial charge in [-0.25, -0.2) is 0 Å². The topological polar surface area (TPSA) is 53.6 Å². The maximum Gasteiger partial charge on any atom is 0.252 e. The summed E-state index contributed by atoms with van der Waals surface area (Å²) in [7, 11) is 5.77. The number of piperidine rings is 1. The van der Waals surface area contributed by atoms with E-state index in [1.165, 1.54) is 0 Å². The van der Waals surface area contributed by atoms with Crippen molar-refractivity contribution in [2.45, 2.75) is 44.8 Å². The lowest BCUT2D eigenvalue weighted by molar-refractivity contribution is -0.146. The Hall–Kier alpha value is -0.0700. The third kappa shape index (κ3) is 7.01. The van der Waals surface area contributed by atoms with Crippen LogP contribution in [0.25, 0.3) is 0 Å². The predicted molar refractivity (Wildman–Crippen MR) is 96.3 cm³/mol. The fourth-order valence-electron chi connectivity index (χ4n) is 2.75. The van der Waals surface area contributed by atoms with Gasteiger partial charge in [-0.3, -0.25) is 4.79 Å². The highest BCUT2D eigenvalue weighted by molar-refractivity contribution is 5.86. The highest BCUT2D eigenvalue weighted by Gasteiger charge is 2.39. The van der Waals surface area contributed by atoms with Crippen molar-refractivity contribution in [2.75, 3.05) is 40.8 Å². The molecule has 1 amide bonds. The van der Waals surface area contributed by atoms with Crippen LogP contribution in [0, 0.1) is 5.92 Å². The number of amides is 1. The zero-order chi connectivity index (χ0) is 15.2. The number of nitrogens with one attached hydrogen (secondary N) is 2. The Balaban J connectivity index is 0. The Kier molecular flexibility index (Phi) is 12.6. The Morgan fingerprint density at radius 3 is 2.23 bits per heavy atom. The molecule has 0 saturated carbocycles. The third-order valence-electron chi connectivity index (χ3n) is 4.19. The van der Waals surface area contributed by atoms with Crippen LogP contribution in [0.5, 0.6) is 0 Å². The summed E-state index contributed by atoms with van der Waals surface area (Å²) in [6, 6.07) is 0.370.